The summed E-state index contributed by atoms with van der Waals surface area (Å²) in [7, 11) is 0. The van der Waals surface area contributed by atoms with E-state index in [4.69, 9.17) is 23.2 Å². The van der Waals surface area contributed by atoms with E-state index in [0.717, 1.165) is 10.9 Å². The minimum atomic E-state index is -0.210. The highest BCUT2D eigenvalue weighted by molar-refractivity contribution is 9.10. The van der Waals surface area contributed by atoms with Gasteiger partial charge in [0.2, 0.25) is 0 Å². The number of rotatable bonds is 5. The highest BCUT2D eigenvalue weighted by Crippen LogP contribution is 2.32. The van der Waals surface area contributed by atoms with Gasteiger partial charge in [0.1, 0.15) is 0 Å². The Kier molecular flexibility index (Phi) is 5.32. The second-order valence-electron chi connectivity index (χ2n) is 4.72. The van der Waals surface area contributed by atoms with Crippen LogP contribution in [-0.4, -0.2) is 11.8 Å². The van der Waals surface area contributed by atoms with Crippen LogP contribution >= 0.6 is 39.1 Å². The average Bonchev–Trinajstić information content (AvgIpc) is 2.48. The van der Waals surface area contributed by atoms with Crippen molar-refractivity contribution >= 4 is 39.1 Å². The van der Waals surface area contributed by atoms with Crippen molar-refractivity contribution in [3.8, 4) is 0 Å². The maximum Gasteiger partial charge on any atom is 0.0335 e. The minimum Gasteiger partial charge on any atom is -0.126 e. The van der Waals surface area contributed by atoms with E-state index in [2.05, 4.69) is 40.2 Å². The summed E-state index contributed by atoms with van der Waals surface area (Å²) < 4.78 is 1.08. The standard InChI is InChI=1S/C16H15BrCl2/c17-15-8-6-13(7-9-15)10-16(11-18,12-19)14-4-2-1-3-5-14/h1-9H,10-12H2. The number of benzene rings is 2. The molecule has 0 bridgehead atoms. The molecule has 0 fully saturated rings. The third-order valence-corrected chi connectivity index (χ3v) is 4.91. The molecule has 0 aliphatic heterocycles. The highest BCUT2D eigenvalue weighted by atomic mass is 79.9. The molecule has 0 aliphatic rings. The molecule has 0 heterocycles. The molecule has 0 nitrogen and oxygen atoms in total. The molecule has 2 aromatic rings. The first kappa shape index (κ1) is 14.9. The highest BCUT2D eigenvalue weighted by Gasteiger charge is 2.30. The van der Waals surface area contributed by atoms with Crippen molar-refractivity contribution in [1.29, 1.82) is 0 Å². The summed E-state index contributed by atoms with van der Waals surface area (Å²) in [4.78, 5) is 0. The molecule has 0 N–H and O–H groups in total. The summed E-state index contributed by atoms with van der Waals surface area (Å²) in [5.41, 5.74) is 2.23. The fourth-order valence-corrected chi connectivity index (χ4v) is 3.22. The van der Waals surface area contributed by atoms with E-state index in [0.29, 0.717) is 11.8 Å². The molecule has 2 aromatic carbocycles. The first-order chi connectivity index (χ1) is 9.20. The Morgan fingerprint density at radius 3 is 1.95 bits per heavy atom. The molecule has 0 aromatic heterocycles. The van der Waals surface area contributed by atoms with Gasteiger partial charge in [-0.3, -0.25) is 0 Å². The van der Waals surface area contributed by atoms with Crippen LogP contribution in [0.3, 0.4) is 0 Å². The van der Waals surface area contributed by atoms with E-state index in [1.54, 1.807) is 0 Å². The average molecular weight is 358 g/mol. The molecule has 0 spiro atoms. The zero-order valence-corrected chi connectivity index (χ0v) is 13.5. The summed E-state index contributed by atoms with van der Waals surface area (Å²) in [6.07, 6.45) is 0.845. The smallest absolute Gasteiger partial charge is 0.0335 e. The third-order valence-electron chi connectivity index (χ3n) is 3.35. The fourth-order valence-electron chi connectivity index (χ4n) is 2.17. The zero-order valence-electron chi connectivity index (χ0n) is 10.5. The molecular weight excluding hydrogens is 343 g/mol. The normalized spacial score (nSPS) is 11.5. The van der Waals surface area contributed by atoms with Gasteiger partial charge in [0, 0.05) is 21.6 Å². The Labute approximate surface area is 132 Å². The van der Waals surface area contributed by atoms with Gasteiger partial charge in [0.05, 0.1) is 0 Å². The molecule has 2 rings (SSSR count). The Morgan fingerprint density at radius 2 is 1.42 bits per heavy atom. The Balaban J connectivity index is 2.32. The predicted octanol–water partition coefficient (Wildman–Crippen LogP) is 5.41. The molecule has 0 radical (unpaired) electrons. The number of hydrogen-bond donors (Lipinski definition) is 0. The predicted molar refractivity (Wildman–Crippen MR) is 87.4 cm³/mol. The van der Waals surface area contributed by atoms with E-state index in [1.165, 1.54) is 11.1 Å². The lowest BCUT2D eigenvalue weighted by Crippen LogP contribution is -2.33. The summed E-state index contributed by atoms with van der Waals surface area (Å²) in [6.45, 7) is 0. The maximum atomic E-state index is 6.25. The summed E-state index contributed by atoms with van der Waals surface area (Å²) in [5, 5.41) is 0. The quantitative estimate of drug-likeness (QED) is 0.628. The monoisotopic (exact) mass is 356 g/mol. The van der Waals surface area contributed by atoms with Gasteiger partial charge in [-0.25, -0.2) is 0 Å². The molecule has 0 unspecified atom stereocenters. The van der Waals surface area contributed by atoms with Crippen LogP contribution in [0.1, 0.15) is 11.1 Å². The number of halogens is 3. The van der Waals surface area contributed by atoms with Crippen LogP contribution in [0, 0.1) is 0 Å². The third kappa shape index (κ3) is 3.53. The molecule has 0 aliphatic carbocycles. The number of hydrogen-bond acceptors (Lipinski definition) is 0. The van der Waals surface area contributed by atoms with E-state index < -0.39 is 0 Å². The maximum absolute atomic E-state index is 6.25. The van der Waals surface area contributed by atoms with Crippen LogP contribution in [0.15, 0.2) is 59.1 Å². The van der Waals surface area contributed by atoms with Crippen LogP contribution in [0.5, 0.6) is 0 Å². The SMILES string of the molecule is ClCC(CCl)(Cc1ccc(Br)cc1)c1ccccc1. The molecule has 3 heteroatoms. The molecule has 0 saturated carbocycles. The summed E-state index contributed by atoms with van der Waals surface area (Å²) >= 11 is 15.9. The van der Waals surface area contributed by atoms with Crippen LogP contribution in [0.2, 0.25) is 0 Å². The van der Waals surface area contributed by atoms with Crippen molar-refractivity contribution in [2.45, 2.75) is 11.8 Å². The molecule has 0 atom stereocenters. The van der Waals surface area contributed by atoms with Gasteiger partial charge < -0.3 is 0 Å². The van der Waals surface area contributed by atoms with Gasteiger partial charge in [-0.2, -0.15) is 0 Å². The lowest BCUT2D eigenvalue weighted by molar-refractivity contribution is 0.536. The van der Waals surface area contributed by atoms with Gasteiger partial charge in [0.25, 0.3) is 0 Å². The van der Waals surface area contributed by atoms with Crippen molar-refractivity contribution < 1.29 is 0 Å². The Morgan fingerprint density at radius 1 is 0.842 bits per heavy atom. The second kappa shape index (κ2) is 6.78. The Bertz CT molecular complexity index is 504. The first-order valence-electron chi connectivity index (χ1n) is 6.12. The van der Waals surface area contributed by atoms with E-state index in [9.17, 15) is 0 Å². The molecule has 19 heavy (non-hydrogen) atoms. The van der Waals surface area contributed by atoms with Gasteiger partial charge in [-0.1, -0.05) is 58.4 Å². The van der Waals surface area contributed by atoms with Crippen molar-refractivity contribution in [3.63, 3.8) is 0 Å². The molecule has 100 valence electrons. The van der Waals surface area contributed by atoms with Gasteiger partial charge in [-0.05, 0) is 29.7 Å². The summed E-state index contributed by atoms with van der Waals surface area (Å²) in [5.74, 6) is 1.02. The van der Waals surface area contributed by atoms with Gasteiger partial charge >= 0.3 is 0 Å². The van der Waals surface area contributed by atoms with Crippen molar-refractivity contribution in [3.05, 3.63) is 70.2 Å². The first-order valence-corrected chi connectivity index (χ1v) is 7.98. The van der Waals surface area contributed by atoms with E-state index in [-0.39, 0.29) is 5.41 Å². The van der Waals surface area contributed by atoms with E-state index >= 15 is 0 Å². The molecular formula is C16H15BrCl2. The van der Waals surface area contributed by atoms with Crippen molar-refractivity contribution in [2.24, 2.45) is 0 Å². The van der Waals surface area contributed by atoms with Crippen LogP contribution < -0.4 is 0 Å². The topological polar surface area (TPSA) is 0 Å². The fraction of sp³-hybridized carbons (Fsp3) is 0.250. The van der Waals surface area contributed by atoms with Crippen LogP contribution in [-0.2, 0) is 11.8 Å². The number of alkyl halides is 2. The molecule has 0 saturated heterocycles. The molecule has 0 amide bonds. The van der Waals surface area contributed by atoms with Gasteiger partial charge in [0.15, 0.2) is 0 Å². The van der Waals surface area contributed by atoms with E-state index in [1.807, 2.05) is 30.3 Å². The summed E-state index contributed by atoms with van der Waals surface area (Å²) in [6, 6.07) is 18.6. The van der Waals surface area contributed by atoms with Crippen molar-refractivity contribution in [1.82, 2.24) is 0 Å². The lowest BCUT2D eigenvalue weighted by atomic mass is 9.79. The lowest BCUT2D eigenvalue weighted by Gasteiger charge is -2.30. The van der Waals surface area contributed by atoms with Gasteiger partial charge in [-0.15, -0.1) is 23.2 Å². The Hall–Kier alpha value is -0.500. The second-order valence-corrected chi connectivity index (χ2v) is 6.17. The van der Waals surface area contributed by atoms with Crippen LogP contribution in [0.4, 0.5) is 0 Å². The zero-order chi connectivity index (χ0) is 13.7. The van der Waals surface area contributed by atoms with Crippen LogP contribution in [0.25, 0.3) is 0 Å². The minimum absolute atomic E-state index is 0.210. The largest absolute Gasteiger partial charge is 0.126 e. The van der Waals surface area contributed by atoms with Crippen molar-refractivity contribution in [2.75, 3.05) is 11.8 Å².